The van der Waals surface area contributed by atoms with Gasteiger partial charge in [0.1, 0.15) is 0 Å². The third kappa shape index (κ3) is 15.7. The number of piperidine rings is 1. The van der Waals surface area contributed by atoms with Crippen molar-refractivity contribution in [3.05, 3.63) is 11.9 Å². The van der Waals surface area contributed by atoms with E-state index in [1.165, 1.54) is 0 Å². The maximum atomic E-state index is 13.3. The number of aryl methyl sites for hydroxylation is 2. The molecule has 3 amide bonds. The lowest BCUT2D eigenvalue weighted by atomic mass is 9.97. The molecule has 1 aliphatic rings. The number of aromatic nitrogens is 3. The van der Waals surface area contributed by atoms with E-state index in [2.05, 4.69) is 33.5 Å². The van der Waals surface area contributed by atoms with Crippen LogP contribution in [0.5, 0.6) is 0 Å². The number of carbonyl (C=O) groups is 4. The number of rotatable bonds is 23. The van der Waals surface area contributed by atoms with E-state index in [1.54, 1.807) is 21.4 Å². The Hall–Kier alpha value is -3.50. The van der Waals surface area contributed by atoms with Crippen LogP contribution in [0.25, 0.3) is 0 Å². The van der Waals surface area contributed by atoms with E-state index in [-0.39, 0.29) is 36.2 Å². The lowest BCUT2D eigenvalue weighted by Gasteiger charge is -2.28. The molecule has 13 heteroatoms. The van der Waals surface area contributed by atoms with Crippen molar-refractivity contribution in [1.82, 2.24) is 35.0 Å². The SMILES string of the molecule is C#CCCCC(=O)N(CCCO)CCN(CCCNC(=O)CC)C(=O)CCCc1cn(CCCOC(=O)C2CCN(C)CC2)nn1. The van der Waals surface area contributed by atoms with Gasteiger partial charge in [0.2, 0.25) is 17.7 Å². The Kier molecular flexibility index (Phi) is 19.3. The summed E-state index contributed by atoms with van der Waals surface area (Å²) in [7, 11) is 2.06. The highest BCUT2D eigenvalue weighted by Gasteiger charge is 2.24. The van der Waals surface area contributed by atoms with Crippen LogP contribution in [0.1, 0.15) is 83.2 Å². The molecule has 1 saturated heterocycles. The van der Waals surface area contributed by atoms with E-state index >= 15 is 0 Å². The molecule has 0 aliphatic carbocycles. The highest BCUT2D eigenvalue weighted by molar-refractivity contribution is 5.77. The summed E-state index contributed by atoms with van der Waals surface area (Å²) in [5.74, 6) is 2.33. The molecule has 0 unspecified atom stereocenters. The van der Waals surface area contributed by atoms with Gasteiger partial charge in [-0.2, -0.15) is 0 Å². The molecule has 0 radical (unpaired) electrons. The average molecular weight is 646 g/mol. The molecule has 2 N–H and O–H groups in total. The van der Waals surface area contributed by atoms with Gasteiger partial charge in [-0.15, -0.1) is 17.4 Å². The summed E-state index contributed by atoms with van der Waals surface area (Å²) in [4.78, 5) is 55.7. The number of carbonyl (C=O) groups excluding carboxylic acids is 4. The molecule has 2 rings (SSSR count). The summed E-state index contributed by atoms with van der Waals surface area (Å²) in [6.45, 7) is 6.61. The monoisotopic (exact) mass is 645 g/mol. The molecule has 0 atom stereocenters. The number of likely N-dealkylation sites (tertiary alicyclic amines) is 1. The van der Waals surface area contributed by atoms with Crippen molar-refractivity contribution < 1.29 is 29.0 Å². The molecule has 13 nitrogen and oxygen atoms in total. The van der Waals surface area contributed by atoms with E-state index in [4.69, 9.17) is 11.2 Å². The lowest BCUT2D eigenvalue weighted by molar-refractivity contribution is -0.150. The van der Waals surface area contributed by atoms with Crippen LogP contribution in [-0.4, -0.2) is 125 Å². The van der Waals surface area contributed by atoms with Crippen LogP contribution in [0.15, 0.2) is 6.20 Å². The summed E-state index contributed by atoms with van der Waals surface area (Å²) in [5.41, 5.74) is 0.790. The summed E-state index contributed by atoms with van der Waals surface area (Å²) >= 11 is 0. The molecule has 1 aliphatic heterocycles. The summed E-state index contributed by atoms with van der Waals surface area (Å²) in [5, 5.41) is 20.6. The van der Waals surface area contributed by atoms with Crippen LogP contribution in [0.2, 0.25) is 0 Å². The molecule has 0 saturated carbocycles. The van der Waals surface area contributed by atoms with Crippen LogP contribution in [0.4, 0.5) is 0 Å². The molecular formula is C33H55N7O6. The number of nitrogens with zero attached hydrogens (tertiary/aromatic N) is 6. The molecular weight excluding hydrogens is 590 g/mol. The van der Waals surface area contributed by atoms with Crippen molar-refractivity contribution in [3.63, 3.8) is 0 Å². The zero-order valence-electron chi connectivity index (χ0n) is 28.0. The number of hydrogen-bond acceptors (Lipinski definition) is 9. The summed E-state index contributed by atoms with van der Waals surface area (Å²) in [6.07, 6.45) is 13.9. The number of terminal acetylenes is 1. The van der Waals surface area contributed by atoms with Gasteiger partial charge in [0, 0.05) is 84.2 Å². The third-order valence-corrected chi connectivity index (χ3v) is 8.13. The Bertz CT molecular complexity index is 1100. The van der Waals surface area contributed by atoms with Gasteiger partial charge >= 0.3 is 5.97 Å². The first kappa shape index (κ1) is 38.7. The molecule has 0 aromatic carbocycles. The van der Waals surface area contributed by atoms with Gasteiger partial charge in [-0.25, -0.2) is 0 Å². The molecule has 1 aromatic rings. The first-order valence-corrected chi connectivity index (χ1v) is 16.9. The van der Waals surface area contributed by atoms with Crippen LogP contribution in [-0.2, 0) is 36.9 Å². The predicted molar refractivity (Wildman–Crippen MR) is 174 cm³/mol. The molecule has 0 spiro atoms. The molecule has 1 aromatic heterocycles. The second-order valence-electron chi connectivity index (χ2n) is 11.9. The number of aliphatic hydroxyl groups is 1. The Morgan fingerprint density at radius 2 is 1.70 bits per heavy atom. The number of ether oxygens (including phenoxy) is 1. The van der Waals surface area contributed by atoms with Gasteiger partial charge in [-0.1, -0.05) is 12.1 Å². The second-order valence-corrected chi connectivity index (χ2v) is 11.9. The van der Waals surface area contributed by atoms with Gasteiger partial charge in [-0.3, -0.25) is 23.9 Å². The van der Waals surface area contributed by atoms with Crippen LogP contribution in [0.3, 0.4) is 0 Å². The Morgan fingerprint density at radius 1 is 1.02 bits per heavy atom. The maximum Gasteiger partial charge on any atom is 0.309 e. The summed E-state index contributed by atoms with van der Waals surface area (Å²) in [6, 6.07) is 0. The third-order valence-electron chi connectivity index (χ3n) is 8.13. The first-order valence-electron chi connectivity index (χ1n) is 16.9. The molecule has 1 fully saturated rings. The fourth-order valence-corrected chi connectivity index (χ4v) is 5.25. The normalized spacial score (nSPS) is 13.6. The van der Waals surface area contributed by atoms with E-state index in [1.807, 2.05) is 6.20 Å². The Labute approximate surface area is 274 Å². The number of esters is 1. The smallest absolute Gasteiger partial charge is 0.309 e. The van der Waals surface area contributed by atoms with E-state index in [0.29, 0.717) is 110 Å². The standard InChI is InChI=1S/C33H55N7O6/c1-4-6-7-13-31(43)39(19-10-25-41)24-23-38(18-9-17-34-30(42)5-2)32(44)14-8-12-29-27-40(36-35-29)20-11-26-46-33(45)28-15-21-37(3)22-16-28/h1,27-28,41H,5-26H2,2-3H3,(H,34,42). The van der Waals surface area contributed by atoms with Crippen LogP contribution >= 0.6 is 0 Å². The minimum atomic E-state index is -0.110. The average Bonchev–Trinajstić information content (AvgIpc) is 3.51. The van der Waals surface area contributed by atoms with Crippen molar-refractivity contribution in [2.75, 3.05) is 66.1 Å². The zero-order chi connectivity index (χ0) is 33.6. The minimum Gasteiger partial charge on any atom is -0.465 e. The fourth-order valence-electron chi connectivity index (χ4n) is 5.25. The highest BCUT2D eigenvalue weighted by Crippen LogP contribution is 2.17. The molecule has 46 heavy (non-hydrogen) atoms. The predicted octanol–water partition coefficient (Wildman–Crippen LogP) is 1.64. The van der Waals surface area contributed by atoms with Crippen molar-refractivity contribution in [2.45, 2.75) is 90.5 Å². The quantitative estimate of drug-likeness (QED) is 0.103. The topological polar surface area (TPSA) is 150 Å². The van der Waals surface area contributed by atoms with Crippen molar-refractivity contribution >= 4 is 23.7 Å². The van der Waals surface area contributed by atoms with E-state index in [0.717, 1.165) is 31.6 Å². The fraction of sp³-hybridized carbons (Fsp3) is 0.758. The number of hydrogen-bond donors (Lipinski definition) is 2. The zero-order valence-corrected chi connectivity index (χ0v) is 28.0. The largest absolute Gasteiger partial charge is 0.465 e. The molecule has 258 valence electrons. The van der Waals surface area contributed by atoms with Gasteiger partial charge in [0.25, 0.3) is 0 Å². The van der Waals surface area contributed by atoms with Gasteiger partial charge in [0.05, 0.1) is 18.2 Å². The molecule has 2 heterocycles. The van der Waals surface area contributed by atoms with Crippen molar-refractivity contribution in [1.29, 1.82) is 0 Å². The number of aliphatic hydroxyl groups excluding tert-OH is 1. The number of nitrogens with one attached hydrogen (secondary N) is 1. The van der Waals surface area contributed by atoms with E-state index < -0.39 is 0 Å². The maximum absolute atomic E-state index is 13.3. The highest BCUT2D eigenvalue weighted by atomic mass is 16.5. The van der Waals surface area contributed by atoms with Crippen molar-refractivity contribution in [2.24, 2.45) is 5.92 Å². The van der Waals surface area contributed by atoms with Gasteiger partial charge in [0.15, 0.2) is 0 Å². The Balaban J connectivity index is 1.81. The van der Waals surface area contributed by atoms with Gasteiger partial charge < -0.3 is 29.9 Å². The summed E-state index contributed by atoms with van der Waals surface area (Å²) < 4.78 is 7.21. The number of unbranched alkanes of at least 4 members (excludes halogenated alkanes) is 1. The minimum absolute atomic E-state index is 0.00772. The first-order chi connectivity index (χ1) is 22.3. The number of amides is 3. The van der Waals surface area contributed by atoms with Crippen LogP contribution < -0.4 is 5.32 Å². The van der Waals surface area contributed by atoms with E-state index in [9.17, 15) is 24.3 Å². The second kappa shape index (κ2) is 22.9. The lowest BCUT2D eigenvalue weighted by Crippen LogP contribution is -2.42. The Morgan fingerprint density at radius 3 is 2.35 bits per heavy atom. The van der Waals surface area contributed by atoms with Gasteiger partial charge in [-0.05, 0) is 65.1 Å². The van der Waals surface area contributed by atoms with Crippen LogP contribution in [0, 0.1) is 18.3 Å². The van der Waals surface area contributed by atoms with Crippen molar-refractivity contribution in [3.8, 4) is 12.3 Å². The molecule has 0 bridgehead atoms.